The number of rotatable bonds is 3. The van der Waals surface area contributed by atoms with Gasteiger partial charge in [-0.25, -0.2) is 0 Å². The Morgan fingerprint density at radius 2 is 1.29 bits per heavy atom. The van der Waals surface area contributed by atoms with Crippen LogP contribution in [0.25, 0.3) is 11.1 Å². The van der Waals surface area contributed by atoms with Crippen molar-refractivity contribution in [3.05, 3.63) is 135 Å². The van der Waals surface area contributed by atoms with Crippen molar-refractivity contribution in [2.45, 2.75) is 155 Å². The van der Waals surface area contributed by atoms with Crippen LogP contribution in [-0.2, 0) is 32.5 Å². The summed E-state index contributed by atoms with van der Waals surface area (Å²) in [6.45, 7) is 31.8. The van der Waals surface area contributed by atoms with Gasteiger partial charge in [-0.2, -0.15) is 0 Å². The monoisotopic (exact) mass is 830 g/mol. The lowest BCUT2D eigenvalue weighted by Gasteiger charge is -2.50. The molecule has 0 spiro atoms. The van der Waals surface area contributed by atoms with E-state index in [9.17, 15) is 0 Å². The normalized spacial score (nSPS) is 22.4. The standard InChI is InChI=1S/C58H63BN2S/c1-35-29-39(54(5,6)7)21-24-44(35)61-45-33-41-42-32-43(45)59-49-46(30-37(31-47(49)61)36-17-15-14-16-18-36)60(40-22-19-38(20-23-40)53(2,3)4)52-50(59)48-51(62-52)56(10,11)26-28-58(48,13)34-57(42,12)27-25-55(41,8)9/h14-15,17,19-24,29-33H,25-28,34H2,1-13H3. The molecule has 0 amide bonds. The molecule has 2 atom stereocenters. The maximum atomic E-state index is 3.54. The maximum absolute atomic E-state index is 3.54. The Morgan fingerprint density at radius 1 is 0.629 bits per heavy atom. The summed E-state index contributed by atoms with van der Waals surface area (Å²) in [5.41, 5.74) is 22.4. The maximum Gasteiger partial charge on any atom is 0.253 e. The average molecular weight is 831 g/mol. The molecule has 0 fully saturated rings. The Balaban J connectivity index is 1.32. The van der Waals surface area contributed by atoms with Crippen LogP contribution in [0.1, 0.15) is 153 Å². The molecule has 0 N–H and O–H groups in total. The molecule has 2 unspecified atom stereocenters. The first kappa shape index (κ1) is 40.1. The molecule has 6 aromatic rings. The molecule has 4 heterocycles. The predicted octanol–water partition coefficient (Wildman–Crippen LogP) is 14.1. The predicted molar refractivity (Wildman–Crippen MR) is 267 cm³/mol. The summed E-state index contributed by atoms with van der Waals surface area (Å²) in [4.78, 5) is 7.00. The van der Waals surface area contributed by atoms with Crippen molar-refractivity contribution in [3.8, 4) is 11.1 Å². The molecule has 5 aliphatic rings. The molecule has 3 aliphatic heterocycles. The van der Waals surface area contributed by atoms with Gasteiger partial charge in [-0.3, -0.25) is 0 Å². The lowest BCUT2D eigenvalue weighted by molar-refractivity contribution is 0.211. The summed E-state index contributed by atoms with van der Waals surface area (Å²) in [5, 5.41) is 1.42. The zero-order valence-electron chi connectivity index (χ0n) is 39.5. The zero-order valence-corrected chi connectivity index (χ0v) is 40.3. The van der Waals surface area contributed by atoms with Crippen LogP contribution < -0.4 is 26.2 Å². The minimum atomic E-state index is 0.0417. The van der Waals surface area contributed by atoms with Crippen molar-refractivity contribution in [1.29, 1.82) is 0 Å². The fraction of sp³-hybridized carbons (Fsp3) is 0.414. The highest BCUT2D eigenvalue weighted by Gasteiger charge is 2.56. The summed E-state index contributed by atoms with van der Waals surface area (Å²) < 4.78 is 0. The van der Waals surface area contributed by atoms with Crippen LogP contribution in [0.3, 0.4) is 0 Å². The van der Waals surface area contributed by atoms with Gasteiger partial charge in [0.1, 0.15) is 0 Å². The van der Waals surface area contributed by atoms with Crippen molar-refractivity contribution in [1.82, 2.24) is 0 Å². The lowest BCUT2D eigenvalue weighted by atomic mass is 9.32. The molecule has 4 heteroatoms. The summed E-state index contributed by atoms with van der Waals surface area (Å²) >= 11 is 2.11. The number of hydrogen-bond donors (Lipinski definition) is 0. The molecule has 11 rings (SSSR count). The molecular weight excluding hydrogens is 768 g/mol. The smallest absolute Gasteiger partial charge is 0.253 e. The van der Waals surface area contributed by atoms with E-state index in [2.05, 4.69) is 202 Å². The van der Waals surface area contributed by atoms with E-state index in [1.54, 1.807) is 27.0 Å². The quantitative estimate of drug-likeness (QED) is 0.164. The van der Waals surface area contributed by atoms with Gasteiger partial charge in [-0.05, 0) is 175 Å². The third-order valence-electron chi connectivity index (χ3n) is 16.3. The Hall–Kier alpha value is -4.72. The van der Waals surface area contributed by atoms with Crippen molar-refractivity contribution in [3.63, 3.8) is 0 Å². The van der Waals surface area contributed by atoms with E-state index in [1.165, 1.54) is 98.7 Å². The Morgan fingerprint density at radius 3 is 1.95 bits per heavy atom. The van der Waals surface area contributed by atoms with Gasteiger partial charge in [0, 0.05) is 38.9 Å². The highest BCUT2D eigenvalue weighted by molar-refractivity contribution is 7.20. The van der Waals surface area contributed by atoms with E-state index in [0.29, 0.717) is 0 Å². The van der Waals surface area contributed by atoms with Crippen LogP contribution >= 0.6 is 11.3 Å². The van der Waals surface area contributed by atoms with Gasteiger partial charge >= 0.3 is 0 Å². The molecule has 0 saturated carbocycles. The van der Waals surface area contributed by atoms with Gasteiger partial charge in [0.05, 0.1) is 5.00 Å². The average Bonchev–Trinajstić information content (AvgIpc) is 3.64. The zero-order chi connectivity index (χ0) is 43.7. The number of thiophene rings is 1. The van der Waals surface area contributed by atoms with Crippen LogP contribution in [0.4, 0.5) is 33.4 Å². The molecule has 0 radical (unpaired) electrons. The topological polar surface area (TPSA) is 6.48 Å². The number of anilines is 6. The van der Waals surface area contributed by atoms with Crippen molar-refractivity contribution >= 4 is 67.9 Å². The van der Waals surface area contributed by atoms with E-state index in [-0.39, 0.29) is 39.2 Å². The first-order valence-corrected chi connectivity index (χ1v) is 24.2. The third-order valence-corrected chi connectivity index (χ3v) is 17.8. The Kier molecular flexibility index (Phi) is 8.23. The fourth-order valence-corrected chi connectivity index (χ4v) is 14.3. The second-order valence-corrected chi connectivity index (χ2v) is 24.8. The molecule has 5 aromatic carbocycles. The van der Waals surface area contributed by atoms with E-state index in [1.807, 2.05) is 6.07 Å². The van der Waals surface area contributed by atoms with Crippen molar-refractivity contribution in [2.24, 2.45) is 0 Å². The first-order valence-electron chi connectivity index (χ1n) is 23.4. The Labute approximate surface area is 376 Å². The minimum absolute atomic E-state index is 0.0417. The molecule has 0 saturated heterocycles. The summed E-state index contributed by atoms with van der Waals surface area (Å²) in [7, 11) is 0. The lowest BCUT2D eigenvalue weighted by Crippen LogP contribution is -2.62. The first-order chi connectivity index (χ1) is 29.1. The number of benzene rings is 4. The van der Waals surface area contributed by atoms with Gasteiger partial charge in [0.15, 0.2) is 0 Å². The molecule has 2 aliphatic carbocycles. The summed E-state index contributed by atoms with van der Waals surface area (Å²) in [5.74, 6) is 0. The highest BCUT2D eigenvalue weighted by atomic mass is 32.1. The van der Waals surface area contributed by atoms with E-state index in [4.69, 9.17) is 0 Å². The van der Waals surface area contributed by atoms with Crippen LogP contribution in [0.2, 0.25) is 0 Å². The molecule has 314 valence electrons. The van der Waals surface area contributed by atoms with Gasteiger partial charge in [0.2, 0.25) is 0 Å². The Bertz CT molecular complexity index is 2850. The minimum Gasteiger partial charge on any atom is -0.311 e. The van der Waals surface area contributed by atoms with Crippen molar-refractivity contribution < 1.29 is 0 Å². The third kappa shape index (κ3) is 5.62. The van der Waals surface area contributed by atoms with Crippen LogP contribution in [0.15, 0.2) is 84.9 Å². The second-order valence-electron chi connectivity index (χ2n) is 23.8. The van der Waals surface area contributed by atoms with Crippen LogP contribution in [0, 0.1) is 19.1 Å². The molecule has 62 heavy (non-hydrogen) atoms. The van der Waals surface area contributed by atoms with Gasteiger partial charge in [-0.15, -0.1) is 11.3 Å². The largest absolute Gasteiger partial charge is 0.311 e. The fourth-order valence-electron chi connectivity index (χ4n) is 12.6. The second kappa shape index (κ2) is 12.7. The van der Waals surface area contributed by atoms with Gasteiger partial charge < -0.3 is 9.80 Å². The molecule has 1 aromatic heterocycles. The SMILES string of the molecule is Cc1cc(C(C)(C)C)ccc1N1c2cc3c4cc2B2c5c1cc(-c1c#cccc1)cc5N(c1ccc(C(C)(C)C)cc1)c1sc5c(c12)C(C)(CCC5(C)C)CC4(C)CCC3(C)C. The van der Waals surface area contributed by atoms with Crippen LogP contribution in [-0.4, -0.2) is 6.71 Å². The number of nitrogens with zero attached hydrogens (tertiary/aromatic N) is 2. The van der Waals surface area contributed by atoms with E-state index < -0.39 is 0 Å². The van der Waals surface area contributed by atoms with E-state index in [0.717, 1.165) is 5.56 Å². The molecule has 2 bridgehead atoms. The number of aryl methyl sites for hydroxylation is 1. The summed E-state index contributed by atoms with van der Waals surface area (Å²) in [6, 6.07) is 40.5. The summed E-state index contributed by atoms with van der Waals surface area (Å²) in [6.07, 6.45) is 6.01. The number of hydrogen-bond acceptors (Lipinski definition) is 3. The van der Waals surface area contributed by atoms with Crippen molar-refractivity contribution in [2.75, 3.05) is 9.80 Å². The van der Waals surface area contributed by atoms with Crippen LogP contribution in [0.5, 0.6) is 0 Å². The van der Waals surface area contributed by atoms with E-state index >= 15 is 0 Å². The molecular formula is C58H63BN2S. The molecule has 2 nitrogen and oxygen atoms in total. The highest BCUT2D eigenvalue weighted by Crippen LogP contribution is 2.61. The van der Waals surface area contributed by atoms with Gasteiger partial charge in [0.25, 0.3) is 6.71 Å². The van der Waals surface area contributed by atoms with Gasteiger partial charge in [-0.1, -0.05) is 132 Å².